The molecule has 0 radical (unpaired) electrons. The third-order valence-electron chi connectivity index (χ3n) is 7.69. The molecule has 7 nitrogen and oxygen atoms in total. The summed E-state index contributed by atoms with van der Waals surface area (Å²) in [4.78, 5) is 40.3. The number of likely N-dealkylation sites (N-methyl/N-ethyl adjacent to an activating group) is 1. The van der Waals surface area contributed by atoms with Gasteiger partial charge in [0, 0.05) is 45.3 Å². The molecule has 0 spiro atoms. The average Bonchev–Trinajstić information content (AvgIpc) is 2.89. The lowest BCUT2D eigenvalue weighted by Crippen LogP contribution is -2.60. The summed E-state index contributed by atoms with van der Waals surface area (Å²) in [5.41, 5.74) is 0.798. The number of hydrogen-bond donors (Lipinski definition) is 1. The van der Waals surface area contributed by atoms with Crippen LogP contribution >= 0.6 is 0 Å². The van der Waals surface area contributed by atoms with Gasteiger partial charge in [0.1, 0.15) is 5.41 Å². The largest absolute Gasteiger partial charge is 0.358 e. The molecule has 4 rings (SSSR count). The lowest BCUT2D eigenvalue weighted by atomic mass is 9.71. The molecule has 0 aromatic carbocycles. The molecule has 2 atom stereocenters. The van der Waals surface area contributed by atoms with Crippen molar-refractivity contribution in [2.75, 3.05) is 40.3 Å². The molecule has 2 aliphatic rings. The molecule has 0 saturated carbocycles. The first-order valence-electron chi connectivity index (χ1n) is 12.5. The van der Waals surface area contributed by atoms with E-state index in [4.69, 9.17) is 0 Å². The van der Waals surface area contributed by atoms with Crippen molar-refractivity contribution in [3.8, 4) is 0 Å². The minimum absolute atomic E-state index is 0.0591. The van der Waals surface area contributed by atoms with E-state index in [1.165, 1.54) is 5.56 Å². The molecule has 34 heavy (non-hydrogen) atoms. The van der Waals surface area contributed by atoms with Crippen LogP contribution in [0.5, 0.6) is 0 Å². The number of nitrogens with one attached hydrogen (secondary N) is 1. The third kappa shape index (κ3) is 4.99. The van der Waals surface area contributed by atoms with Crippen molar-refractivity contribution in [2.24, 2.45) is 5.41 Å². The van der Waals surface area contributed by atoms with E-state index < -0.39 is 10.8 Å². The van der Waals surface area contributed by atoms with Crippen LogP contribution in [0.25, 0.3) is 0 Å². The van der Waals surface area contributed by atoms with Crippen LogP contribution in [-0.2, 0) is 21.4 Å². The second-order valence-corrected chi connectivity index (χ2v) is 10.0. The Labute approximate surface area is 203 Å². The van der Waals surface area contributed by atoms with Gasteiger partial charge in [0.2, 0.25) is 11.8 Å². The molecule has 2 aromatic rings. The molecule has 1 N–H and O–H groups in total. The van der Waals surface area contributed by atoms with E-state index in [0.717, 1.165) is 57.3 Å². The Hall–Kier alpha value is -2.80. The van der Waals surface area contributed by atoms with E-state index in [1.807, 2.05) is 35.5 Å². The Morgan fingerprint density at radius 3 is 2.53 bits per heavy atom. The number of nitrogens with zero attached hydrogens (tertiary/aromatic N) is 4. The van der Waals surface area contributed by atoms with Gasteiger partial charge in [-0.3, -0.25) is 19.6 Å². The molecular weight excluding hydrogens is 426 g/mol. The molecule has 4 heterocycles. The van der Waals surface area contributed by atoms with Gasteiger partial charge in [0.05, 0.1) is 11.1 Å². The Morgan fingerprint density at radius 2 is 1.82 bits per heavy atom. The Bertz CT molecular complexity index is 970. The van der Waals surface area contributed by atoms with Crippen molar-refractivity contribution in [1.82, 2.24) is 25.1 Å². The first kappa shape index (κ1) is 24.3. The van der Waals surface area contributed by atoms with E-state index in [0.29, 0.717) is 19.5 Å². The minimum Gasteiger partial charge on any atom is -0.358 e. The molecular formula is C27H37N5O2. The smallest absolute Gasteiger partial charge is 0.233 e. The van der Waals surface area contributed by atoms with Gasteiger partial charge in [0.25, 0.3) is 0 Å². The topological polar surface area (TPSA) is 78.4 Å². The number of rotatable bonds is 7. The zero-order valence-corrected chi connectivity index (χ0v) is 20.5. The van der Waals surface area contributed by atoms with Crippen LogP contribution in [0.3, 0.4) is 0 Å². The molecule has 0 aliphatic carbocycles. The van der Waals surface area contributed by atoms with Gasteiger partial charge in [-0.2, -0.15) is 0 Å². The number of pyridine rings is 2. The standard InChI is InChI=1S/C27H37N5O2/c1-28-24(33)27(23-9-3-4-15-30-23)14-7-19-32(21-27)25(34)26(13-6-18-31(2)20-26)12-5-8-22-10-16-29-17-11-22/h3-4,9-11,15-17H,5-8,12-14,18-21H2,1-2H3,(H,28,33)/t26-,27-/m1/s1. The number of aryl methyl sites for hydroxylation is 1. The summed E-state index contributed by atoms with van der Waals surface area (Å²) in [6.45, 7) is 2.88. The van der Waals surface area contributed by atoms with Gasteiger partial charge >= 0.3 is 0 Å². The highest BCUT2D eigenvalue weighted by atomic mass is 16.2. The van der Waals surface area contributed by atoms with E-state index in [9.17, 15) is 9.59 Å². The highest BCUT2D eigenvalue weighted by molar-refractivity contribution is 5.90. The number of amides is 2. The third-order valence-corrected chi connectivity index (χ3v) is 7.69. The van der Waals surface area contributed by atoms with Crippen LogP contribution in [-0.4, -0.2) is 71.9 Å². The normalized spacial score (nSPS) is 25.6. The van der Waals surface area contributed by atoms with E-state index in [2.05, 4.69) is 39.4 Å². The Kier molecular flexibility index (Phi) is 7.61. The van der Waals surface area contributed by atoms with E-state index >= 15 is 0 Å². The van der Waals surface area contributed by atoms with E-state index in [-0.39, 0.29) is 11.8 Å². The highest BCUT2D eigenvalue weighted by Gasteiger charge is 2.50. The molecule has 2 aliphatic heterocycles. The summed E-state index contributed by atoms with van der Waals surface area (Å²) in [6, 6.07) is 9.81. The quantitative estimate of drug-likeness (QED) is 0.683. The number of carbonyl (C=O) groups excluding carboxylic acids is 2. The van der Waals surface area contributed by atoms with Gasteiger partial charge in [-0.15, -0.1) is 0 Å². The molecule has 2 amide bonds. The van der Waals surface area contributed by atoms with Crippen molar-refractivity contribution in [1.29, 1.82) is 0 Å². The number of hydrogen-bond acceptors (Lipinski definition) is 5. The van der Waals surface area contributed by atoms with E-state index in [1.54, 1.807) is 13.2 Å². The molecule has 0 bridgehead atoms. The first-order valence-corrected chi connectivity index (χ1v) is 12.5. The average molecular weight is 464 g/mol. The van der Waals surface area contributed by atoms with Gasteiger partial charge in [-0.25, -0.2) is 0 Å². The zero-order chi connectivity index (χ0) is 24.0. The van der Waals surface area contributed by atoms with Crippen molar-refractivity contribution < 1.29 is 9.59 Å². The lowest BCUT2D eigenvalue weighted by molar-refractivity contribution is -0.150. The summed E-state index contributed by atoms with van der Waals surface area (Å²) in [5, 5.41) is 2.85. The van der Waals surface area contributed by atoms with Gasteiger partial charge in [-0.05, 0) is 88.4 Å². The van der Waals surface area contributed by atoms with Crippen molar-refractivity contribution in [3.63, 3.8) is 0 Å². The molecule has 0 unspecified atom stereocenters. The number of aromatic nitrogens is 2. The summed E-state index contributed by atoms with van der Waals surface area (Å²) in [5.74, 6) is 0.147. The molecule has 7 heteroatoms. The maximum Gasteiger partial charge on any atom is 0.233 e. The van der Waals surface area contributed by atoms with Gasteiger partial charge in [0.15, 0.2) is 0 Å². The monoisotopic (exact) mass is 463 g/mol. The van der Waals surface area contributed by atoms with Crippen LogP contribution in [0.1, 0.15) is 49.8 Å². The predicted octanol–water partition coefficient (Wildman–Crippen LogP) is 2.82. The summed E-state index contributed by atoms with van der Waals surface area (Å²) in [7, 11) is 3.79. The maximum absolute atomic E-state index is 14.2. The predicted molar refractivity (Wildman–Crippen MR) is 132 cm³/mol. The highest BCUT2D eigenvalue weighted by Crippen LogP contribution is 2.40. The fraction of sp³-hybridized carbons (Fsp3) is 0.556. The second kappa shape index (κ2) is 10.6. The fourth-order valence-corrected chi connectivity index (χ4v) is 5.99. The Balaban J connectivity index is 1.57. The van der Waals surface area contributed by atoms with Crippen LogP contribution in [0, 0.1) is 5.41 Å². The van der Waals surface area contributed by atoms with Crippen LogP contribution in [0.4, 0.5) is 0 Å². The van der Waals surface area contributed by atoms with Gasteiger partial charge < -0.3 is 15.1 Å². The molecule has 2 fully saturated rings. The number of likely N-dealkylation sites (tertiary alicyclic amines) is 2. The van der Waals surface area contributed by atoms with Crippen molar-refractivity contribution >= 4 is 11.8 Å². The SMILES string of the molecule is CNC(=O)[C@]1(c2ccccn2)CCCN(C(=O)[C@]2(CCCc3ccncc3)CCCN(C)C2)C1. The van der Waals surface area contributed by atoms with Crippen LogP contribution in [0.2, 0.25) is 0 Å². The molecule has 182 valence electrons. The van der Waals surface area contributed by atoms with Crippen LogP contribution in [0.15, 0.2) is 48.9 Å². The number of piperidine rings is 2. The number of carbonyl (C=O) groups is 2. The summed E-state index contributed by atoms with van der Waals surface area (Å²) in [6.07, 6.45) is 11.5. The zero-order valence-electron chi connectivity index (χ0n) is 20.5. The molecule has 2 aromatic heterocycles. The fourth-order valence-electron chi connectivity index (χ4n) is 5.99. The van der Waals surface area contributed by atoms with Crippen molar-refractivity contribution in [2.45, 2.75) is 50.4 Å². The summed E-state index contributed by atoms with van der Waals surface area (Å²) < 4.78 is 0. The molecule has 2 saturated heterocycles. The lowest BCUT2D eigenvalue weighted by Gasteiger charge is -2.47. The Morgan fingerprint density at radius 1 is 1.03 bits per heavy atom. The first-order chi connectivity index (χ1) is 16.5. The maximum atomic E-state index is 14.2. The minimum atomic E-state index is -0.803. The second-order valence-electron chi connectivity index (χ2n) is 10.0. The summed E-state index contributed by atoms with van der Waals surface area (Å²) >= 11 is 0. The van der Waals surface area contributed by atoms with Crippen molar-refractivity contribution in [3.05, 3.63) is 60.2 Å². The van der Waals surface area contributed by atoms with Crippen LogP contribution < -0.4 is 5.32 Å². The van der Waals surface area contributed by atoms with Gasteiger partial charge in [-0.1, -0.05) is 6.07 Å².